The SMILES string of the molecule is O=CN1CCN(c2ccnc(Nc3ccccc3F)n2)CC1. The normalized spacial score (nSPS) is 14.8. The van der Waals surface area contributed by atoms with Crippen molar-refractivity contribution in [1.29, 1.82) is 0 Å². The number of rotatable bonds is 4. The molecule has 0 unspecified atom stereocenters. The molecule has 1 aliphatic heterocycles. The van der Waals surface area contributed by atoms with Crippen molar-refractivity contribution in [3.63, 3.8) is 0 Å². The Morgan fingerprint density at radius 1 is 1.14 bits per heavy atom. The van der Waals surface area contributed by atoms with Gasteiger partial charge in [-0.15, -0.1) is 0 Å². The molecule has 1 amide bonds. The zero-order chi connectivity index (χ0) is 15.4. The highest BCUT2D eigenvalue weighted by molar-refractivity contribution is 5.56. The molecule has 1 aromatic heterocycles. The highest BCUT2D eigenvalue weighted by atomic mass is 19.1. The van der Waals surface area contributed by atoms with Crippen LogP contribution in [-0.2, 0) is 4.79 Å². The summed E-state index contributed by atoms with van der Waals surface area (Å²) in [6, 6.07) is 8.19. The van der Waals surface area contributed by atoms with Crippen molar-refractivity contribution in [2.24, 2.45) is 0 Å². The maximum atomic E-state index is 13.6. The van der Waals surface area contributed by atoms with E-state index in [4.69, 9.17) is 0 Å². The number of aromatic nitrogens is 2. The van der Waals surface area contributed by atoms with Crippen molar-refractivity contribution >= 4 is 23.9 Å². The zero-order valence-corrected chi connectivity index (χ0v) is 11.9. The van der Waals surface area contributed by atoms with E-state index in [-0.39, 0.29) is 5.82 Å². The number of anilines is 3. The van der Waals surface area contributed by atoms with E-state index in [9.17, 15) is 9.18 Å². The second kappa shape index (κ2) is 6.38. The summed E-state index contributed by atoms with van der Waals surface area (Å²) in [5.41, 5.74) is 0.338. The average molecular weight is 301 g/mol. The molecule has 2 heterocycles. The van der Waals surface area contributed by atoms with Gasteiger partial charge in [-0.1, -0.05) is 12.1 Å². The Morgan fingerprint density at radius 3 is 2.64 bits per heavy atom. The molecule has 6 nitrogen and oxygen atoms in total. The summed E-state index contributed by atoms with van der Waals surface area (Å²) in [6.07, 6.45) is 2.50. The number of carbonyl (C=O) groups is 1. The molecule has 114 valence electrons. The molecule has 0 radical (unpaired) electrons. The van der Waals surface area contributed by atoms with E-state index < -0.39 is 0 Å². The first-order chi connectivity index (χ1) is 10.8. The number of nitrogens with one attached hydrogen (secondary N) is 1. The van der Waals surface area contributed by atoms with Crippen molar-refractivity contribution in [2.45, 2.75) is 0 Å². The van der Waals surface area contributed by atoms with Gasteiger partial charge in [0.05, 0.1) is 5.69 Å². The summed E-state index contributed by atoms with van der Waals surface area (Å²) in [5.74, 6) is 0.760. The van der Waals surface area contributed by atoms with Gasteiger partial charge in [0.1, 0.15) is 11.6 Å². The van der Waals surface area contributed by atoms with Crippen molar-refractivity contribution in [2.75, 3.05) is 36.4 Å². The fraction of sp³-hybridized carbons (Fsp3) is 0.267. The molecular weight excluding hydrogens is 285 g/mol. The van der Waals surface area contributed by atoms with Crippen molar-refractivity contribution < 1.29 is 9.18 Å². The van der Waals surface area contributed by atoms with Crippen LogP contribution in [0.25, 0.3) is 0 Å². The highest BCUT2D eigenvalue weighted by Gasteiger charge is 2.17. The quantitative estimate of drug-likeness (QED) is 0.870. The number of para-hydroxylation sites is 1. The molecule has 0 saturated carbocycles. The van der Waals surface area contributed by atoms with E-state index in [2.05, 4.69) is 20.2 Å². The van der Waals surface area contributed by atoms with E-state index in [1.165, 1.54) is 6.07 Å². The number of nitrogens with zero attached hydrogens (tertiary/aromatic N) is 4. The maximum Gasteiger partial charge on any atom is 0.229 e. The van der Waals surface area contributed by atoms with Crippen LogP contribution >= 0.6 is 0 Å². The lowest BCUT2D eigenvalue weighted by Crippen LogP contribution is -2.46. The van der Waals surface area contributed by atoms with Crippen molar-refractivity contribution in [3.05, 3.63) is 42.3 Å². The van der Waals surface area contributed by atoms with Crippen LogP contribution in [0.4, 0.5) is 21.8 Å². The standard InChI is InChI=1S/C15H16FN5O/c16-12-3-1-2-4-13(12)18-15-17-6-5-14(19-15)21-9-7-20(11-22)8-10-21/h1-6,11H,7-10H2,(H,17,18,19). The number of carbonyl (C=O) groups excluding carboxylic acids is 1. The predicted octanol–water partition coefficient (Wildman–Crippen LogP) is 1.64. The zero-order valence-electron chi connectivity index (χ0n) is 11.9. The Labute approximate surface area is 127 Å². The van der Waals surface area contributed by atoms with Gasteiger partial charge < -0.3 is 15.1 Å². The molecule has 0 aliphatic carbocycles. The average Bonchev–Trinajstić information content (AvgIpc) is 2.57. The van der Waals surface area contributed by atoms with Crippen LogP contribution in [0.1, 0.15) is 0 Å². The van der Waals surface area contributed by atoms with E-state index >= 15 is 0 Å². The molecule has 0 bridgehead atoms. The number of halogens is 1. The van der Waals surface area contributed by atoms with Crippen LogP contribution in [0.2, 0.25) is 0 Å². The van der Waals surface area contributed by atoms with Gasteiger partial charge in [0.2, 0.25) is 12.4 Å². The Hall–Kier alpha value is -2.70. The second-order valence-corrected chi connectivity index (χ2v) is 4.97. The molecule has 7 heteroatoms. The minimum atomic E-state index is -0.351. The maximum absolute atomic E-state index is 13.6. The summed E-state index contributed by atoms with van der Waals surface area (Å²) in [6.45, 7) is 2.77. The fourth-order valence-electron chi connectivity index (χ4n) is 2.32. The number of benzene rings is 1. The van der Waals surface area contributed by atoms with Gasteiger partial charge in [-0.2, -0.15) is 4.98 Å². The topological polar surface area (TPSA) is 61.4 Å². The van der Waals surface area contributed by atoms with Crippen molar-refractivity contribution in [1.82, 2.24) is 14.9 Å². The third-order valence-electron chi connectivity index (χ3n) is 3.55. The number of amides is 1. The van der Waals surface area contributed by atoms with Crippen LogP contribution in [-0.4, -0.2) is 47.5 Å². The summed E-state index contributed by atoms with van der Waals surface area (Å²) >= 11 is 0. The largest absolute Gasteiger partial charge is 0.353 e. The third-order valence-corrected chi connectivity index (χ3v) is 3.55. The van der Waals surface area contributed by atoms with Gasteiger partial charge >= 0.3 is 0 Å². The molecule has 2 aromatic rings. The monoisotopic (exact) mass is 301 g/mol. The smallest absolute Gasteiger partial charge is 0.229 e. The Balaban J connectivity index is 1.73. The first kappa shape index (κ1) is 14.2. The lowest BCUT2D eigenvalue weighted by Gasteiger charge is -2.33. The number of hydrogen-bond acceptors (Lipinski definition) is 5. The molecule has 22 heavy (non-hydrogen) atoms. The van der Waals surface area contributed by atoms with Gasteiger partial charge in [0.25, 0.3) is 0 Å². The molecule has 1 N–H and O–H groups in total. The van der Waals surface area contributed by atoms with Crippen molar-refractivity contribution in [3.8, 4) is 0 Å². The number of hydrogen-bond donors (Lipinski definition) is 1. The van der Waals surface area contributed by atoms with E-state index in [1.807, 2.05) is 6.07 Å². The van der Waals surface area contributed by atoms with Crippen LogP contribution in [0.3, 0.4) is 0 Å². The lowest BCUT2D eigenvalue weighted by molar-refractivity contribution is -0.118. The first-order valence-corrected chi connectivity index (χ1v) is 7.05. The van der Waals surface area contributed by atoms with Crippen LogP contribution in [0, 0.1) is 5.82 Å². The van der Waals surface area contributed by atoms with E-state index in [0.717, 1.165) is 25.3 Å². The van der Waals surface area contributed by atoms with Gasteiger partial charge in [0.15, 0.2) is 0 Å². The van der Waals surface area contributed by atoms with Crippen LogP contribution < -0.4 is 10.2 Å². The van der Waals surface area contributed by atoms with Crippen LogP contribution in [0.5, 0.6) is 0 Å². The first-order valence-electron chi connectivity index (χ1n) is 7.05. The Bertz CT molecular complexity index is 658. The predicted molar refractivity (Wildman–Crippen MR) is 81.6 cm³/mol. The van der Waals surface area contributed by atoms with Gasteiger partial charge in [-0.25, -0.2) is 9.37 Å². The fourth-order valence-corrected chi connectivity index (χ4v) is 2.32. The second-order valence-electron chi connectivity index (χ2n) is 4.97. The minimum absolute atomic E-state index is 0.338. The Kier molecular flexibility index (Phi) is 4.13. The molecule has 3 rings (SSSR count). The lowest BCUT2D eigenvalue weighted by atomic mass is 10.3. The van der Waals surface area contributed by atoms with Crippen LogP contribution in [0.15, 0.2) is 36.5 Å². The summed E-state index contributed by atoms with van der Waals surface area (Å²) in [5, 5.41) is 2.88. The highest BCUT2D eigenvalue weighted by Crippen LogP contribution is 2.19. The van der Waals surface area contributed by atoms with Gasteiger partial charge in [-0.05, 0) is 18.2 Å². The molecule has 0 spiro atoms. The third kappa shape index (κ3) is 3.13. The van der Waals surface area contributed by atoms with Gasteiger partial charge in [-0.3, -0.25) is 4.79 Å². The van der Waals surface area contributed by atoms with E-state index in [1.54, 1.807) is 29.3 Å². The molecular formula is C15H16FN5O. The summed E-state index contributed by atoms with van der Waals surface area (Å²) in [7, 11) is 0. The number of piperazine rings is 1. The molecule has 1 aliphatic rings. The molecule has 0 atom stereocenters. The van der Waals surface area contributed by atoms with Gasteiger partial charge in [0, 0.05) is 32.4 Å². The molecule has 1 aromatic carbocycles. The molecule has 1 saturated heterocycles. The Morgan fingerprint density at radius 2 is 1.91 bits per heavy atom. The summed E-state index contributed by atoms with van der Waals surface area (Å²) in [4.78, 5) is 23.1. The minimum Gasteiger partial charge on any atom is -0.353 e. The van der Waals surface area contributed by atoms with E-state index in [0.29, 0.717) is 24.7 Å². The summed E-state index contributed by atoms with van der Waals surface area (Å²) < 4.78 is 13.6. The molecule has 1 fully saturated rings.